The van der Waals surface area contributed by atoms with Gasteiger partial charge in [0.05, 0.1) is 17.5 Å². The Balaban J connectivity index is 1.69. The lowest BCUT2D eigenvalue weighted by Crippen LogP contribution is -2.16. The fourth-order valence-corrected chi connectivity index (χ4v) is 3.12. The number of hydrogen-bond acceptors (Lipinski definition) is 5. The van der Waals surface area contributed by atoms with Gasteiger partial charge in [0.25, 0.3) is 5.91 Å². The van der Waals surface area contributed by atoms with Gasteiger partial charge in [-0.1, -0.05) is 26.8 Å². The van der Waals surface area contributed by atoms with Gasteiger partial charge in [0.15, 0.2) is 11.5 Å². The van der Waals surface area contributed by atoms with Crippen LogP contribution < -0.4 is 5.32 Å². The normalized spacial score (nSPS) is 11.9. The summed E-state index contributed by atoms with van der Waals surface area (Å²) in [7, 11) is 0. The molecule has 0 fully saturated rings. The van der Waals surface area contributed by atoms with Crippen LogP contribution in [0.1, 0.15) is 56.7 Å². The second-order valence-electron chi connectivity index (χ2n) is 8.54. The molecule has 0 bridgehead atoms. The van der Waals surface area contributed by atoms with Crippen LogP contribution in [0.2, 0.25) is 0 Å². The van der Waals surface area contributed by atoms with Gasteiger partial charge in [-0.25, -0.2) is 14.6 Å². The zero-order valence-corrected chi connectivity index (χ0v) is 17.8. The van der Waals surface area contributed by atoms with Gasteiger partial charge < -0.3 is 5.32 Å². The van der Waals surface area contributed by atoms with E-state index >= 15 is 0 Å². The number of amides is 1. The van der Waals surface area contributed by atoms with Crippen LogP contribution in [0.5, 0.6) is 0 Å². The van der Waals surface area contributed by atoms with Gasteiger partial charge in [0, 0.05) is 35.3 Å². The SMILES string of the molecule is CC(C)n1ncc2cc(C(=O)Nc3cc(C(C)(C)C)nn3-c3ccccn3)cnc21. The van der Waals surface area contributed by atoms with Crippen molar-refractivity contribution in [1.29, 1.82) is 0 Å². The van der Waals surface area contributed by atoms with Crippen LogP contribution in [0.15, 0.2) is 48.9 Å². The van der Waals surface area contributed by atoms with Crippen LogP contribution in [-0.2, 0) is 5.41 Å². The highest BCUT2D eigenvalue weighted by Gasteiger charge is 2.22. The predicted octanol–water partition coefficient (Wildman–Crippen LogP) is 4.14. The van der Waals surface area contributed by atoms with Crippen LogP contribution in [0.3, 0.4) is 0 Å². The maximum Gasteiger partial charge on any atom is 0.258 e. The molecule has 0 saturated carbocycles. The van der Waals surface area contributed by atoms with Crippen LogP contribution in [0.25, 0.3) is 16.9 Å². The number of nitrogens with one attached hydrogen (secondary N) is 1. The predicted molar refractivity (Wildman–Crippen MR) is 116 cm³/mol. The van der Waals surface area contributed by atoms with Crippen molar-refractivity contribution in [2.45, 2.75) is 46.1 Å². The van der Waals surface area contributed by atoms with Crippen LogP contribution >= 0.6 is 0 Å². The molecule has 4 aromatic rings. The van der Waals surface area contributed by atoms with Gasteiger partial charge >= 0.3 is 0 Å². The Morgan fingerprint density at radius 3 is 2.57 bits per heavy atom. The first-order valence-electron chi connectivity index (χ1n) is 9.90. The molecule has 8 nitrogen and oxygen atoms in total. The van der Waals surface area contributed by atoms with Crippen molar-refractivity contribution in [2.24, 2.45) is 0 Å². The molecule has 1 amide bonds. The van der Waals surface area contributed by atoms with Crippen LogP contribution in [-0.4, -0.2) is 35.4 Å². The Morgan fingerprint density at radius 1 is 1.10 bits per heavy atom. The molecule has 0 spiro atoms. The van der Waals surface area contributed by atoms with Crippen LogP contribution in [0, 0.1) is 0 Å². The van der Waals surface area contributed by atoms with E-state index in [1.165, 1.54) is 0 Å². The first-order chi connectivity index (χ1) is 14.2. The van der Waals surface area contributed by atoms with E-state index in [0.29, 0.717) is 17.2 Å². The molecule has 0 aliphatic rings. The van der Waals surface area contributed by atoms with Crippen molar-refractivity contribution in [3.8, 4) is 5.82 Å². The Bertz CT molecular complexity index is 1200. The van der Waals surface area contributed by atoms with Gasteiger partial charge in [-0.05, 0) is 32.0 Å². The summed E-state index contributed by atoms with van der Waals surface area (Å²) in [6, 6.07) is 9.46. The van der Waals surface area contributed by atoms with E-state index in [-0.39, 0.29) is 17.4 Å². The maximum absolute atomic E-state index is 13.0. The number of pyridine rings is 2. The molecule has 4 aromatic heterocycles. The first-order valence-corrected chi connectivity index (χ1v) is 9.90. The second-order valence-corrected chi connectivity index (χ2v) is 8.54. The molecule has 154 valence electrons. The molecule has 0 unspecified atom stereocenters. The number of nitrogens with zero attached hydrogens (tertiary/aromatic N) is 6. The number of carbonyl (C=O) groups is 1. The van der Waals surface area contributed by atoms with Crippen molar-refractivity contribution in [1.82, 2.24) is 29.5 Å². The van der Waals surface area contributed by atoms with Crippen molar-refractivity contribution >= 4 is 22.8 Å². The molecule has 0 aromatic carbocycles. The Labute approximate surface area is 175 Å². The zero-order chi connectivity index (χ0) is 21.5. The summed E-state index contributed by atoms with van der Waals surface area (Å²) in [5, 5.41) is 12.8. The molecule has 8 heteroatoms. The van der Waals surface area contributed by atoms with E-state index in [1.54, 1.807) is 29.3 Å². The number of hydrogen-bond donors (Lipinski definition) is 1. The lowest BCUT2D eigenvalue weighted by atomic mass is 9.92. The van der Waals surface area contributed by atoms with Gasteiger partial charge in [-0.15, -0.1) is 0 Å². The summed E-state index contributed by atoms with van der Waals surface area (Å²) >= 11 is 0. The molecule has 30 heavy (non-hydrogen) atoms. The molecule has 0 aliphatic carbocycles. The summed E-state index contributed by atoms with van der Waals surface area (Å²) < 4.78 is 3.49. The monoisotopic (exact) mass is 403 g/mol. The summed E-state index contributed by atoms with van der Waals surface area (Å²) in [4.78, 5) is 21.8. The van der Waals surface area contributed by atoms with Crippen molar-refractivity contribution in [3.63, 3.8) is 0 Å². The number of aromatic nitrogens is 6. The fraction of sp³-hybridized carbons (Fsp3) is 0.318. The third kappa shape index (κ3) is 3.68. The Kier molecular flexibility index (Phi) is 4.85. The number of carbonyl (C=O) groups excluding carboxylic acids is 1. The molecule has 0 saturated heterocycles. The van der Waals surface area contributed by atoms with Crippen LogP contribution in [0.4, 0.5) is 5.82 Å². The van der Waals surface area contributed by atoms with E-state index in [4.69, 9.17) is 0 Å². The number of rotatable bonds is 4. The number of fused-ring (bicyclic) bond motifs is 1. The highest BCUT2D eigenvalue weighted by atomic mass is 16.1. The summed E-state index contributed by atoms with van der Waals surface area (Å²) in [5.74, 6) is 0.927. The lowest BCUT2D eigenvalue weighted by molar-refractivity contribution is 0.102. The maximum atomic E-state index is 13.0. The molecular formula is C22H25N7O. The molecule has 0 atom stereocenters. The molecule has 0 aliphatic heterocycles. The minimum atomic E-state index is -0.265. The van der Waals surface area contributed by atoms with E-state index in [0.717, 1.165) is 16.7 Å². The Morgan fingerprint density at radius 2 is 1.90 bits per heavy atom. The van der Waals surface area contributed by atoms with Crippen molar-refractivity contribution in [2.75, 3.05) is 5.32 Å². The average Bonchev–Trinajstić information content (AvgIpc) is 3.32. The van der Waals surface area contributed by atoms with Crippen molar-refractivity contribution in [3.05, 3.63) is 60.2 Å². The van der Waals surface area contributed by atoms with Crippen molar-refractivity contribution < 1.29 is 4.79 Å². The largest absolute Gasteiger partial charge is 0.306 e. The second kappa shape index (κ2) is 7.37. The molecule has 0 radical (unpaired) electrons. The molecule has 4 rings (SSSR count). The van der Waals surface area contributed by atoms with E-state index in [1.807, 2.05) is 42.8 Å². The summed E-state index contributed by atoms with van der Waals surface area (Å²) in [5.41, 5.74) is 1.90. The highest BCUT2D eigenvalue weighted by Crippen LogP contribution is 2.26. The third-order valence-electron chi connectivity index (χ3n) is 4.77. The Hall–Kier alpha value is -3.55. The molecular weight excluding hydrogens is 378 g/mol. The van der Waals surface area contributed by atoms with E-state index < -0.39 is 0 Å². The topological polar surface area (TPSA) is 90.5 Å². The molecule has 1 N–H and O–H groups in total. The zero-order valence-electron chi connectivity index (χ0n) is 17.8. The van der Waals surface area contributed by atoms with Gasteiger partial charge in [0.2, 0.25) is 0 Å². The van der Waals surface area contributed by atoms with E-state index in [9.17, 15) is 4.79 Å². The quantitative estimate of drug-likeness (QED) is 0.553. The van der Waals surface area contributed by atoms with Gasteiger partial charge in [-0.3, -0.25) is 4.79 Å². The highest BCUT2D eigenvalue weighted by molar-refractivity contribution is 6.05. The lowest BCUT2D eigenvalue weighted by Gasteiger charge is -2.13. The molecule has 4 heterocycles. The van der Waals surface area contributed by atoms with Gasteiger partial charge in [-0.2, -0.15) is 14.9 Å². The number of anilines is 1. The average molecular weight is 403 g/mol. The van der Waals surface area contributed by atoms with E-state index in [2.05, 4.69) is 46.3 Å². The summed E-state index contributed by atoms with van der Waals surface area (Å²) in [6.45, 7) is 10.3. The fourth-order valence-electron chi connectivity index (χ4n) is 3.12. The minimum Gasteiger partial charge on any atom is -0.306 e. The minimum absolute atomic E-state index is 0.175. The smallest absolute Gasteiger partial charge is 0.258 e. The summed E-state index contributed by atoms with van der Waals surface area (Å²) in [6.07, 6.45) is 5.00. The first kappa shape index (κ1) is 19.8. The third-order valence-corrected chi connectivity index (χ3v) is 4.77. The standard InChI is InChI=1S/C22H25N7O/c1-14(2)28-20-15(13-25-28)10-16(12-24-20)21(30)26-19-11-17(22(3,4)5)27-29(19)18-8-6-7-9-23-18/h6-14H,1-5H3,(H,26,30). The van der Waals surface area contributed by atoms with Gasteiger partial charge in [0.1, 0.15) is 5.82 Å².